The Balaban J connectivity index is 1.65. The Hall–Kier alpha value is -3.81. The highest BCUT2D eigenvalue weighted by atomic mass is 35.5. The van der Waals surface area contributed by atoms with E-state index in [9.17, 15) is 14.4 Å². The number of nitrogens with zero attached hydrogens (tertiary/aromatic N) is 1. The van der Waals surface area contributed by atoms with Gasteiger partial charge < -0.3 is 9.47 Å². The number of aryl methyl sites for hydroxylation is 1. The SMILES string of the molecule is COc1cc(/C=C2\C(=O)NC(=O)N(c3ccccc3Cl)C2=O)cc(Cl)c1OCc1cccc(C)c1. The molecule has 0 radical (unpaired) electrons. The highest BCUT2D eigenvalue weighted by molar-refractivity contribution is 6.42. The number of carbonyl (C=O) groups excluding carboxylic acids is 3. The first-order valence-electron chi connectivity index (χ1n) is 10.5. The van der Waals surface area contributed by atoms with Crippen LogP contribution in [-0.4, -0.2) is 25.0 Å². The van der Waals surface area contributed by atoms with Crippen LogP contribution in [0.25, 0.3) is 6.08 Å². The van der Waals surface area contributed by atoms with E-state index in [0.29, 0.717) is 17.1 Å². The molecule has 1 aliphatic rings. The van der Waals surface area contributed by atoms with E-state index >= 15 is 0 Å². The first kappa shape index (κ1) is 24.3. The molecule has 3 aromatic carbocycles. The fourth-order valence-corrected chi connectivity index (χ4v) is 4.09. The molecule has 1 fully saturated rings. The van der Waals surface area contributed by atoms with Gasteiger partial charge in [0.2, 0.25) is 0 Å². The molecule has 1 saturated heterocycles. The number of barbiturate groups is 1. The molecule has 0 bridgehead atoms. The third-order valence-electron chi connectivity index (χ3n) is 5.22. The molecule has 0 saturated carbocycles. The summed E-state index contributed by atoms with van der Waals surface area (Å²) in [6.45, 7) is 2.26. The molecule has 7 nitrogen and oxygen atoms in total. The van der Waals surface area contributed by atoms with Crippen LogP contribution in [0.5, 0.6) is 11.5 Å². The van der Waals surface area contributed by atoms with Gasteiger partial charge in [0.25, 0.3) is 11.8 Å². The van der Waals surface area contributed by atoms with E-state index in [-0.39, 0.29) is 27.9 Å². The van der Waals surface area contributed by atoms with Crippen LogP contribution in [0.2, 0.25) is 10.0 Å². The van der Waals surface area contributed by atoms with Crippen LogP contribution < -0.4 is 19.7 Å². The van der Waals surface area contributed by atoms with Crippen molar-refractivity contribution in [2.75, 3.05) is 12.0 Å². The molecule has 178 valence electrons. The highest BCUT2D eigenvalue weighted by Gasteiger charge is 2.37. The Morgan fingerprint density at radius 2 is 1.74 bits per heavy atom. The topological polar surface area (TPSA) is 84.9 Å². The molecule has 3 aromatic rings. The summed E-state index contributed by atoms with van der Waals surface area (Å²) >= 11 is 12.6. The molecule has 4 rings (SSSR count). The molecule has 0 aromatic heterocycles. The molecular weight excluding hydrogens is 491 g/mol. The summed E-state index contributed by atoms with van der Waals surface area (Å²) in [6.07, 6.45) is 1.33. The maximum atomic E-state index is 13.1. The average Bonchev–Trinajstić information content (AvgIpc) is 2.82. The van der Waals surface area contributed by atoms with Crippen molar-refractivity contribution >= 4 is 52.8 Å². The largest absolute Gasteiger partial charge is 0.493 e. The number of imide groups is 2. The fourth-order valence-electron chi connectivity index (χ4n) is 3.60. The van der Waals surface area contributed by atoms with Crippen LogP contribution in [0.4, 0.5) is 10.5 Å². The maximum Gasteiger partial charge on any atom is 0.335 e. The molecule has 1 heterocycles. The lowest BCUT2D eigenvalue weighted by Gasteiger charge is -2.27. The number of hydrogen-bond acceptors (Lipinski definition) is 5. The van der Waals surface area contributed by atoms with Crippen LogP contribution in [0.15, 0.2) is 66.2 Å². The molecule has 0 spiro atoms. The number of carbonyl (C=O) groups is 3. The number of rotatable bonds is 6. The lowest BCUT2D eigenvalue weighted by atomic mass is 10.1. The summed E-state index contributed by atoms with van der Waals surface area (Å²) in [5.74, 6) is -1.01. The Morgan fingerprint density at radius 1 is 0.971 bits per heavy atom. The van der Waals surface area contributed by atoms with Crippen molar-refractivity contribution in [3.8, 4) is 11.5 Å². The molecule has 1 N–H and O–H groups in total. The smallest absolute Gasteiger partial charge is 0.335 e. The van der Waals surface area contributed by atoms with E-state index in [1.54, 1.807) is 24.3 Å². The van der Waals surface area contributed by atoms with Gasteiger partial charge >= 0.3 is 6.03 Å². The van der Waals surface area contributed by atoms with Crippen LogP contribution in [0.1, 0.15) is 16.7 Å². The number of urea groups is 1. The van der Waals surface area contributed by atoms with Crippen LogP contribution in [0.3, 0.4) is 0 Å². The predicted octanol–water partition coefficient (Wildman–Crippen LogP) is 5.56. The van der Waals surface area contributed by atoms with Crippen LogP contribution in [0, 0.1) is 6.92 Å². The zero-order chi connectivity index (χ0) is 25.1. The summed E-state index contributed by atoms with van der Waals surface area (Å²) in [5, 5.41) is 2.58. The lowest BCUT2D eigenvalue weighted by Crippen LogP contribution is -2.54. The quantitative estimate of drug-likeness (QED) is 0.346. The highest BCUT2D eigenvalue weighted by Crippen LogP contribution is 2.38. The maximum absolute atomic E-state index is 13.1. The second kappa shape index (κ2) is 10.2. The van der Waals surface area contributed by atoms with Gasteiger partial charge in [-0.05, 0) is 48.4 Å². The first-order valence-corrected chi connectivity index (χ1v) is 11.3. The average molecular weight is 511 g/mol. The fraction of sp³-hybridized carbons (Fsp3) is 0.115. The number of methoxy groups -OCH3 is 1. The van der Waals surface area contributed by atoms with E-state index in [0.717, 1.165) is 16.0 Å². The second-order valence-corrected chi connectivity index (χ2v) is 8.54. The normalized spacial score (nSPS) is 14.8. The van der Waals surface area contributed by atoms with E-state index in [4.69, 9.17) is 32.7 Å². The summed E-state index contributed by atoms with van der Waals surface area (Å²) in [4.78, 5) is 38.8. The van der Waals surface area contributed by atoms with E-state index in [1.165, 1.54) is 25.3 Å². The number of nitrogens with one attached hydrogen (secondary N) is 1. The van der Waals surface area contributed by atoms with Crippen LogP contribution >= 0.6 is 23.2 Å². The number of ether oxygens (including phenoxy) is 2. The second-order valence-electron chi connectivity index (χ2n) is 7.72. The first-order chi connectivity index (χ1) is 16.8. The molecule has 9 heteroatoms. The molecule has 0 aliphatic carbocycles. The van der Waals surface area contributed by atoms with Gasteiger partial charge in [0, 0.05) is 0 Å². The van der Waals surface area contributed by atoms with Gasteiger partial charge in [0.1, 0.15) is 12.2 Å². The summed E-state index contributed by atoms with van der Waals surface area (Å²) in [6, 6.07) is 16.4. The van der Waals surface area contributed by atoms with Crippen molar-refractivity contribution in [3.63, 3.8) is 0 Å². The van der Waals surface area contributed by atoms with E-state index in [2.05, 4.69) is 5.32 Å². The van der Waals surface area contributed by atoms with Crippen molar-refractivity contribution in [2.45, 2.75) is 13.5 Å². The minimum Gasteiger partial charge on any atom is -0.493 e. The van der Waals surface area contributed by atoms with Gasteiger partial charge in [-0.1, -0.05) is 65.2 Å². The predicted molar refractivity (Wildman–Crippen MR) is 134 cm³/mol. The van der Waals surface area contributed by atoms with Crippen molar-refractivity contribution < 1.29 is 23.9 Å². The van der Waals surface area contributed by atoms with Gasteiger partial charge in [-0.2, -0.15) is 0 Å². The van der Waals surface area contributed by atoms with Crippen molar-refractivity contribution in [1.29, 1.82) is 0 Å². The lowest BCUT2D eigenvalue weighted by molar-refractivity contribution is -0.122. The van der Waals surface area contributed by atoms with E-state index < -0.39 is 17.8 Å². The van der Waals surface area contributed by atoms with Crippen molar-refractivity contribution in [1.82, 2.24) is 5.32 Å². The Morgan fingerprint density at radius 3 is 2.46 bits per heavy atom. The number of hydrogen-bond donors (Lipinski definition) is 1. The zero-order valence-electron chi connectivity index (χ0n) is 18.8. The van der Waals surface area contributed by atoms with E-state index in [1.807, 2.05) is 31.2 Å². The number of benzene rings is 3. The molecule has 1 aliphatic heterocycles. The standard InChI is InChI=1S/C26H20Cl2N2O5/c1-15-6-5-7-16(10-15)14-35-23-20(28)12-17(13-22(23)34-2)11-18-24(31)29-26(33)30(25(18)32)21-9-4-3-8-19(21)27/h3-13H,14H2,1-2H3,(H,29,31,33)/b18-11+. The minimum atomic E-state index is -0.888. The van der Waals surface area contributed by atoms with Gasteiger partial charge in [-0.15, -0.1) is 0 Å². The van der Waals surface area contributed by atoms with Gasteiger partial charge in [0.05, 0.1) is 22.8 Å². The van der Waals surface area contributed by atoms with Gasteiger partial charge in [-0.3, -0.25) is 14.9 Å². The Labute approximate surface area is 211 Å². The van der Waals surface area contributed by atoms with Gasteiger partial charge in [0.15, 0.2) is 11.5 Å². The number of para-hydroxylation sites is 1. The summed E-state index contributed by atoms with van der Waals surface area (Å²) in [5.41, 5.74) is 2.36. The molecule has 4 amide bonds. The number of amides is 4. The molecular formula is C26H20Cl2N2O5. The summed E-state index contributed by atoms with van der Waals surface area (Å²) < 4.78 is 11.3. The third kappa shape index (κ3) is 5.16. The van der Waals surface area contributed by atoms with Crippen LogP contribution in [-0.2, 0) is 16.2 Å². The monoisotopic (exact) mass is 510 g/mol. The Kier molecular flexibility index (Phi) is 7.10. The minimum absolute atomic E-state index is 0.158. The number of halogens is 2. The van der Waals surface area contributed by atoms with Crippen molar-refractivity contribution in [2.24, 2.45) is 0 Å². The molecule has 0 atom stereocenters. The molecule has 35 heavy (non-hydrogen) atoms. The third-order valence-corrected chi connectivity index (χ3v) is 5.82. The van der Waals surface area contributed by atoms with Gasteiger partial charge in [-0.25, -0.2) is 9.69 Å². The summed E-state index contributed by atoms with van der Waals surface area (Å²) in [7, 11) is 1.46. The Bertz CT molecular complexity index is 1370. The number of anilines is 1. The van der Waals surface area contributed by atoms with Crippen molar-refractivity contribution in [3.05, 3.63) is 93.0 Å². The zero-order valence-corrected chi connectivity index (χ0v) is 20.3. The molecule has 0 unspecified atom stereocenters.